The van der Waals surface area contributed by atoms with E-state index in [1.807, 2.05) is 26.8 Å². The number of nitrogens with one attached hydrogen (secondary N) is 1. The minimum atomic E-state index is -3.73. The molecular formula is C33H38FN5O5S. The Hall–Kier alpha value is -3.98. The minimum absolute atomic E-state index is 0.0143. The van der Waals surface area contributed by atoms with Gasteiger partial charge in [-0.2, -0.15) is 5.26 Å². The van der Waals surface area contributed by atoms with Gasteiger partial charge in [-0.25, -0.2) is 22.6 Å². The average Bonchev–Trinajstić information content (AvgIpc) is 3.53. The molecule has 10 nitrogen and oxygen atoms in total. The second-order valence-electron chi connectivity index (χ2n) is 13.6. The topological polar surface area (TPSA) is 135 Å². The van der Waals surface area contributed by atoms with Gasteiger partial charge in [-0.15, -0.1) is 0 Å². The van der Waals surface area contributed by atoms with Crippen molar-refractivity contribution < 1.29 is 27.1 Å². The fraction of sp³-hybridized carbons (Fsp3) is 0.515. The summed E-state index contributed by atoms with van der Waals surface area (Å²) in [6, 6.07) is 9.23. The third-order valence-electron chi connectivity index (χ3n) is 9.22. The Morgan fingerprint density at radius 2 is 1.82 bits per heavy atom. The van der Waals surface area contributed by atoms with Crippen LogP contribution in [0.3, 0.4) is 0 Å². The first-order valence-corrected chi connectivity index (χ1v) is 17.1. The van der Waals surface area contributed by atoms with Crippen LogP contribution in [-0.4, -0.2) is 53.3 Å². The first-order valence-electron chi connectivity index (χ1n) is 15.5. The first-order chi connectivity index (χ1) is 21.3. The second-order valence-corrected chi connectivity index (χ2v) is 15.5. The van der Waals surface area contributed by atoms with E-state index in [4.69, 9.17) is 14.5 Å². The molecule has 12 heteroatoms. The molecule has 0 bridgehead atoms. The number of carbonyl (C=O) groups excluding carboxylic acids is 1. The molecule has 1 N–H and O–H groups in total. The fourth-order valence-corrected chi connectivity index (χ4v) is 8.36. The summed E-state index contributed by atoms with van der Waals surface area (Å²) >= 11 is 0. The summed E-state index contributed by atoms with van der Waals surface area (Å²) in [6.07, 6.45) is 8.07. The summed E-state index contributed by atoms with van der Waals surface area (Å²) in [7, 11) is -3.73. The molecule has 0 atom stereocenters. The lowest BCUT2D eigenvalue weighted by atomic mass is 9.57. The van der Waals surface area contributed by atoms with E-state index in [9.17, 15) is 22.9 Å². The largest absolute Gasteiger partial charge is 0.453 e. The number of anilines is 1. The molecule has 0 radical (unpaired) electrons. The van der Waals surface area contributed by atoms with Crippen molar-refractivity contribution in [2.75, 3.05) is 17.8 Å². The van der Waals surface area contributed by atoms with Gasteiger partial charge in [0.15, 0.2) is 11.6 Å². The lowest BCUT2D eigenvalue weighted by molar-refractivity contribution is -0.0126. The van der Waals surface area contributed by atoms with Crippen LogP contribution >= 0.6 is 0 Å². The number of amides is 1. The number of ether oxygens (including phenoxy) is 2. The maximum Gasteiger partial charge on any atom is 0.410 e. The number of nitriles is 1. The maximum absolute atomic E-state index is 15.0. The van der Waals surface area contributed by atoms with E-state index >= 15 is 0 Å². The van der Waals surface area contributed by atoms with Crippen molar-refractivity contribution in [2.24, 2.45) is 5.41 Å². The Labute approximate surface area is 263 Å². The molecule has 6 rings (SSSR count). The number of fused-ring (bicyclic) bond motifs is 1. The number of carbonyl (C=O) groups is 1. The van der Waals surface area contributed by atoms with Gasteiger partial charge in [-0.05, 0) is 89.0 Å². The van der Waals surface area contributed by atoms with Crippen molar-refractivity contribution >= 4 is 32.8 Å². The highest BCUT2D eigenvalue weighted by atomic mass is 32.2. The molecule has 1 aliphatic heterocycles. The highest BCUT2D eigenvalue weighted by molar-refractivity contribution is 7.93. The zero-order valence-corrected chi connectivity index (χ0v) is 26.6. The SMILES string of the molecule is CC(C)(C)OC(=O)N1CCC2(CC1)CC(c1cnc3ccc(Oc4c(F)ccc(NS(=O)(=O)C5CCCC5)c4C#N)cc3n1)C2. The van der Waals surface area contributed by atoms with Crippen molar-refractivity contribution in [1.82, 2.24) is 14.9 Å². The Balaban J connectivity index is 1.15. The van der Waals surface area contributed by atoms with Crippen LogP contribution in [0.2, 0.25) is 0 Å². The summed E-state index contributed by atoms with van der Waals surface area (Å²) in [5, 5.41) is 9.34. The third-order valence-corrected chi connectivity index (χ3v) is 11.1. The smallest absolute Gasteiger partial charge is 0.410 e. The molecule has 2 aliphatic carbocycles. The predicted octanol–water partition coefficient (Wildman–Crippen LogP) is 7.01. The molecular weight excluding hydrogens is 597 g/mol. The molecule has 3 fully saturated rings. The van der Waals surface area contributed by atoms with Gasteiger partial charge in [0.2, 0.25) is 10.0 Å². The molecule has 1 amide bonds. The van der Waals surface area contributed by atoms with Crippen LogP contribution in [0.15, 0.2) is 36.5 Å². The number of rotatable bonds is 6. The van der Waals surface area contributed by atoms with E-state index in [2.05, 4.69) is 9.71 Å². The predicted molar refractivity (Wildman–Crippen MR) is 167 cm³/mol. The minimum Gasteiger partial charge on any atom is -0.453 e. The van der Waals surface area contributed by atoms with Gasteiger partial charge in [-0.1, -0.05) is 12.8 Å². The third kappa shape index (κ3) is 6.54. The second kappa shape index (κ2) is 11.7. The fourth-order valence-electron chi connectivity index (χ4n) is 6.77. The van der Waals surface area contributed by atoms with E-state index in [1.165, 1.54) is 6.07 Å². The lowest BCUT2D eigenvalue weighted by Crippen LogP contribution is -2.49. The van der Waals surface area contributed by atoms with Crippen molar-refractivity contribution in [3.8, 4) is 17.6 Å². The molecule has 2 saturated carbocycles. The molecule has 3 aliphatic rings. The number of benzene rings is 2. The number of aromatic nitrogens is 2. The highest BCUT2D eigenvalue weighted by Crippen LogP contribution is 2.56. The van der Waals surface area contributed by atoms with Gasteiger partial charge >= 0.3 is 6.09 Å². The van der Waals surface area contributed by atoms with Crippen molar-refractivity contribution in [1.29, 1.82) is 5.26 Å². The molecule has 2 aromatic carbocycles. The van der Waals surface area contributed by atoms with Gasteiger partial charge in [-0.3, -0.25) is 9.71 Å². The molecule has 2 heterocycles. The maximum atomic E-state index is 15.0. The average molecular weight is 636 g/mol. The summed E-state index contributed by atoms with van der Waals surface area (Å²) in [5.74, 6) is -0.648. The number of nitrogens with zero attached hydrogens (tertiary/aromatic N) is 4. The van der Waals surface area contributed by atoms with Crippen LogP contribution in [0, 0.1) is 22.6 Å². The van der Waals surface area contributed by atoms with Gasteiger partial charge in [0.1, 0.15) is 23.0 Å². The van der Waals surface area contributed by atoms with Crippen LogP contribution in [0.5, 0.6) is 11.5 Å². The lowest BCUT2D eigenvalue weighted by Gasteiger charge is -2.52. The number of piperidine rings is 1. The van der Waals surface area contributed by atoms with Crippen molar-refractivity contribution in [3.05, 3.63) is 53.6 Å². The molecule has 3 aromatic rings. The normalized spacial score (nSPS) is 18.9. The number of halogens is 1. The van der Waals surface area contributed by atoms with E-state index in [1.54, 1.807) is 29.3 Å². The summed E-state index contributed by atoms with van der Waals surface area (Å²) in [6.45, 7) is 6.97. The molecule has 238 valence electrons. The monoisotopic (exact) mass is 635 g/mol. The van der Waals surface area contributed by atoms with Gasteiger partial charge in [0, 0.05) is 31.3 Å². The van der Waals surface area contributed by atoms with Crippen molar-refractivity contribution in [3.63, 3.8) is 0 Å². The molecule has 1 saturated heterocycles. The molecule has 45 heavy (non-hydrogen) atoms. The van der Waals surface area contributed by atoms with Crippen LogP contribution in [0.4, 0.5) is 14.9 Å². The standard InChI is InChI=1S/C33H38FN5O5S/c1-32(2,3)44-31(40)39-14-12-33(13-15-39)17-21(18-33)29-20-36-27-10-8-22(16-28(27)37-29)43-30-24(19-35)26(11-9-25(30)34)38-45(41,42)23-6-4-5-7-23/h8-11,16,20-21,23,38H,4-7,12-15,17-18H2,1-3H3. The number of sulfonamides is 1. The van der Waals surface area contributed by atoms with Crippen LogP contribution in [0.25, 0.3) is 11.0 Å². The Morgan fingerprint density at radius 1 is 1.11 bits per heavy atom. The highest BCUT2D eigenvalue weighted by Gasteiger charge is 2.47. The number of likely N-dealkylation sites (tertiary alicyclic amines) is 1. The zero-order valence-electron chi connectivity index (χ0n) is 25.8. The number of hydrogen-bond donors (Lipinski definition) is 1. The Morgan fingerprint density at radius 3 is 2.49 bits per heavy atom. The van der Waals surface area contributed by atoms with Crippen LogP contribution in [0.1, 0.15) is 89.3 Å². The molecule has 1 spiro atoms. The summed E-state index contributed by atoms with van der Waals surface area (Å²) in [4.78, 5) is 23.7. The molecule has 1 aromatic heterocycles. The number of hydrogen-bond acceptors (Lipinski definition) is 8. The summed E-state index contributed by atoms with van der Waals surface area (Å²) < 4.78 is 54.6. The Bertz CT molecular complexity index is 1760. The van der Waals surface area contributed by atoms with E-state index in [-0.39, 0.29) is 40.2 Å². The van der Waals surface area contributed by atoms with Gasteiger partial charge < -0.3 is 14.4 Å². The van der Waals surface area contributed by atoms with Gasteiger partial charge in [0.25, 0.3) is 0 Å². The van der Waals surface area contributed by atoms with Crippen molar-refractivity contribution in [2.45, 2.75) is 88.9 Å². The van der Waals surface area contributed by atoms with Crippen LogP contribution < -0.4 is 9.46 Å². The van der Waals surface area contributed by atoms with Gasteiger partial charge in [0.05, 0.1) is 27.7 Å². The van der Waals surface area contributed by atoms with E-state index < -0.39 is 26.7 Å². The quantitative estimate of drug-likeness (QED) is 0.306. The van der Waals surface area contributed by atoms with E-state index in [0.29, 0.717) is 37.0 Å². The summed E-state index contributed by atoms with van der Waals surface area (Å²) in [5.41, 5.74) is 1.51. The van der Waals surface area contributed by atoms with E-state index in [0.717, 1.165) is 50.3 Å². The Kier molecular flexibility index (Phi) is 8.10. The zero-order chi connectivity index (χ0) is 32.0. The van der Waals surface area contributed by atoms with Crippen LogP contribution in [-0.2, 0) is 14.8 Å². The molecule has 0 unspecified atom stereocenters. The first kappa shape index (κ1) is 31.0.